The van der Waals surface area contributed by atoms with Crippen LogP contribution in [0.4, 0.5) is 0 Å². The number of rotatable bonds is 4. The number of carbonyl (C=O) groups is 3. The van der Waals surface area contributed by atoms with Gasteiger partial charge in [0.2, 0.25) is 0 Å². The Balaban J connectivity index is 1.79. The van der Waals surface area contributed by atoms with Crippen LogP contribution < -0.4 is 4.74 Å². The minimum atomic E-state index is -0.881. The Morgan fingerprint density at radius 1 is 1.00 bits per heavy atom. The maximum atomic E-state index is 12.8. The molecule has 0 N–H and O–H groups in total. The van der Waals surface area contributed by atoms with E-state index in [1.54, 1.807) is 54.6 Å². The number of aromatic nitrogens is 1. The van der Waals surface area contributed by atoms with Crippen LogP contribution in [0.25, 0.3) is 0 Å². The Hall–Kier alpha value is -3.42. The Bertz CT molecular complexity index is 854. The molecule has 8 heteroatoms. The molecule has 2 amide bonds. The van der Waals surface area contributed by atoms with Crippen LogP contribution in [0, 0.1) is 0 Å². The van der Waals surface area contributed by atoms with E-state index in [4.69, 9.17) is 9.47 Å². The van der Waals surface area contributed by atoms with Gasteiger partial charge in [-0.2, -0.15) is 0 Å². The number of benzene rings is 1. The minimum absolute atomic E-state index is 0.0591. The predicted molar refractivity (Wildman–Crippen MR) is 100.0 cm³/mol. The average molecular weight is 383 g/mol. The Kier molecular flexibility index (Phi) is 5.88. The molecule has 1 aliphatic rings. The lowest BCUT2D eigenvalue weighted by Gasteiger charge is -2.39. The molecule has 1 atom stereocenters. The molecule has 1 fully saturated rings. The SMILES string of the molecule is COC(=O)C1CN(C(=O)c2ccc(OC)cc2)CCN1C(=O)c1cccnc1. The van der Waals surface area contributed by atoms with Crippen molar-refractivity contribution in [3.8, 4) is 5.75 Å². The molecule has 1 aromatic carbocycles. The summed E-state index contributed by atoms with van der Waals surface area (Å²) in [6.07, 6.45) is 3.02. The van der Waals surface area contributed by atoms with E-state index in [1.807, 2.05) is 0 Å². The summed E-state index contributed by atoms with van der Waals surface area (Å²) in [5.74, 6) is -0.453. The van der Waals surface area contributed by atoms with Gasteiger partial charge in [-0.05, 0) is 36.4 Å². The van der Waals surface area contributed by atoms with Crippen LogP contribution in [0.1, 0.15) is 20.7 Å². The number of ether oxygens (including phenoxy) is 2. The molecule has 2 aromatic rings. The molecule has 1 unspecified atom stereocenters. The smallest absolute Gasteiger partial charge is 0.330 e. The summed E-state index contributed by atoms with van der Waals surface area (Å²) >= 11 is 0. The van der Waals surface area contributed by atoms with Crippen LogP contribution in [-0.2, 0) is 9.53 Å². The van der Waals surface area contributed by atoms with E-state index >= 15 is 0 Å². The lowest BCUT2D eigenvalue weighted by Crippen LogP contribution is -2.59. The second-order valence-electron chi connectivity index (χ2n) is 6.26. The molecule has 2 heterocycles. The number of pyridine rings is 1. The van der Waals surface area contributed by atoms with Crippen molar-refractivity contribution in [3.05, 3.63) is 59.9 Å². The fourth-order valence-corrected chi connectivity index (χ4v) is 3.12. The molecular weight excluding hydrogens is 362 g/mol. The minimum Gasteiger partial charge on any atom is -0.497 e. The van der Waals surface area contributed by atoms with Gasteiger partial charge in [0.25, 0.3) is 11.8 Å². The number of piperazine rings is 1. The average Bonchev–Trinajstić information content (AvgIpc) is 2.77. The second-order valence-corrected chi connectivity index (χ2v) is 6.26. The normalized spacial score (nSPS) is 16.4. The van der Waals surface area contributed by atoms with Crippen molar-refractivity contribution < 1.29 is 23.9 Å². The lowest BCUT2D eigenvalue weighted by molar-refractivity contribution is -0.147. The van der Waals surface area contributed by atoms with Crippen molar-refractivity contribution in [1.29, 1.82) is 0 Å². The summed E-state index contributed by atoms with van der Waals surface area (Å²) in [6.45, 7) is 0.587. The highest BCUT2D eigenvalue weighted by Crippen LogP contribution is 2.19. The number of amides is 2. The Morgan fingerprint density at radius 2 is 1.75 bits per heavy atom. The van der Waals surface area contributed by atoms with Gasteiger partial charge in [0.1, 0.15) is 11.8 Å². The molecule has 3 rings (SSSR count). The summed E-state index contributed by atoms with van der Waals surface area (Å²) < 4.78 is 9.97. The van der Waals surface area contributed by atoms with E-state index in [1.165, 1.54) is 18.2 Å². The van der Waals surface area contributed by atoms with Gasteiger partial charge in [0.15, 0.2) is 0 Å². The first-order valence-corrected chi connectivity index (χ1v) is 8.77. The monoisotopic (exact) mass is 383 g/mol. The standard InChI is InChI=1S/C20H21N3O5/c1-27-16-7-5-14(6-8-16)18(24)22-10-11-23(17(13-22)20(26)28-2)19(25)15-4-3-9-21-12-15/h3-9,12,17H,10-11,13H2,1-2H3. The van der Waals surface area contributed by atoms with Gasteiger partial charge in [-0.25, -0.2) is 4.79 Å². The van der Waals surface area contributed by atoms with Gasteiger partial charge in [-0.1, -0.05) is 0 Å². The third kappa shape index (κ3) is 3.95. The van der Waals surface area contributed by atoms with E-state index in [0.717, 1.165) is 0 Å². The summed E-state index contributed by atoms with van der Waals surface area (Å²) in [6, 6.07) is 9.15. The van der Waals surface area contributed by atoms with Crippen LogP contribution in [0.5, 0.6) is 5.75 Å². The van der Waals surface area contributed by atoms with Gasteiger partial charge in [0.05, 0.1) is 26.3 Å². The van der Waals surface area contributed by atoms with Gasteiger partial charge >= 0.3 is 5.97 Å². The van der Waals surface area contributed by atoms with Crippen LogP contribution >= 0.6 is 0 Å². The van der Waals surface area contributed by atoms with E-state index in [9.17, 15) is 14.4 Å². The molecule has 0 bridgehead atoms. The number of hydrogen-bond acceptors (Lipinski definition) is 6. The van der Waals surface area contributed by atoms with Crippen molar-refractivity contribution in [1.82, 2.24) is 14.8 Å². The fourth-order valence-electron chi connectivity index (χ4n) is 3.12. The summed E-state index contributed by atoms with van der Waals surface area (Å²) in [7, 11) is 2.82. The van der Waals surface area contributed by atoms with Crippen LogP contribution in [0.15, 0.2) is 48.8 Å². The van der Waals surface area contributed by atoms with Crippen LogP contribution in [0.3, 0.4) is 0 Å². The predicted octanol–water partition coefficient (Wildman–Crippen LogP) is 1.23. The number of hydrogen-bond donors (Lipinski definition) is 0. The summed E-state index contributed by atoms with van der Waals surface area (Å²) in [5.41, 5.74) is 0.864. The van der Waals surface area contributed by atoms with Gasteiger partial charge in [-0.3, -0.25) is 14.6 Å². The van der Waals surface area contributed by atoms with E-state index < -0.39 is 12.0 Å². The molecule has 0 radical (unpaired) electrons. The quantitative estimate of drug-likeness (QED) is 0.738. The first-order valence-electron chi connectivity index (χ1n) is 8.77. The summed E-state index contributed by atoms with van der Waals surface area (Å²) in [4.78, 5) is 44.9. The number of esters is 1. The molecule has 0 spiro atoms. The number of methoxy groups -OCH3 is 2. The lowest BCUT2D eigenvalue weighted by atomic mass is 10.1. The van der Waals surface area contributed by atoms with E-state index in [0.29, 0.717) is 23.4 Å². The second kappa shape index (κ2) is 8.51. The third-order valence-electron chi connectivity index (χ3n) is 4.65. The van der Waals surface area contributed by atoms with Crippen molar-refractivity contribution in [2.45, 2.75) is 6.04 Å². The first-order chi connectivity index (χ1) is 13.5. The molecule has 146 valence electrons. The topological polar surface area (TPSA) is 89.0 Å². The number of carbonyl (C=O) groups excluding carboxylic acids is 3. The number of nitrogens with zero attached hydrogens (tertiary/aromatic N) is 3. The molecule has 1 aliphatic heterocycles. The highest BCUT2D eigenvalue weighted by Gasteiger charge is 2.38. The zero-order valence-electron chi connectivity index (χ0n) is 15.7. The molecule has 8 nitrogen and oxygen atoms in total. The van der Waals surface area contributed by atoms with Gasteiger partial charge in [-0.15, -0.1) is 0 Å². The van der Waals surface area contributed by atoms with Crippen molar-refractivity contribution in [2.24, 2.45) is 0 Å². The van der Waals surface area contributed by atoms with E-state index in [2.05, 4.69) is 4.98 Å². The van der Waals surface area contributed by atoms with Crippen molar-refractivity contribution in [3.63, 3.8) is 0 Å². The maximum absolute atomic E-state index is 12.8. The van der Waals surface area contributed by atoms with Gasteiger partial charge < -0.3 is 19.3 Å². The molecular formula is C20H21N3O5. The molecule has 0 aliphatic carbocycles. The largest absolute Gasteiger partial charge is 0.497 e. The molecule has 0 saturated carbocycles. The zero-order valence-corrected chi connectivity index (χ0v) is 15.7. The Labute approximate surface area is 162 Å². The highest BCUT2D eigenvalue weighted by molar-refractivity contribution is 5.98. The first kappa shape index (κ1) is 19.3. The zero-order chi connectivity index (χ0) is 20.1. The van der Waals surface area contributed by atoms with Crippen LogP contribution in [0.2, 0.25) is 0 Å². The van der Waals surface area contributed by atoms with Crippen molar-refractivity contribution in [2.75, 3.05) is 33.9 Å². The van der Waals surface area contributed by atoms with Crippen molar-refractivity contribution >= 4 is 17.8 Å². The van der Waals surface area contributed by atoms with Gasteiger partial charge in [0, 0.05) is 31.0 Å². The van der Waals surface area contributed by atoms with Crippen LogP contribution in [-0.4, -0.2) is 72.5 Å². The molecule has 1 aromatic heterocycles. The maximum Gasteiger partial charge on any atom is 0.330 e. The molecule has 1 saturated heterocycles. The Morgan fingerprint density at radius 3 is 2.36 bits per heavy atom. The highest BCUT2D eigenvalue weighted by atomic mass is 16.5. The molecule has 28 heavy (non-hydrogen) atoms. The third-order valence-corrected chi connectivity index (χ3v) is 4.65. The van der Waals surface area contributed by atoms with E-state index in [-0.39, 0.29) is 24.9 Å². The fraction of sp³-hybridized carbons (Fsp3) is 0.300. The summed E-state index contributed by atoms with van der Waals surface area (Å²) in [5, 5.41) is 0.